The topological polar surface area (TPSA) is 66.4 Å². The predicted octanol–water partition coefficient (Wildman–Crippen LogP) is 2.56. The lowest BCUT2D eigenvalue weighted by atomic mass is 10.0. The summed E-state index contributed by atoms with van der Waals surface area (Å²) < 4.78 is 0. The Labute approximate surface area is 115 Å². The molecule has 1 aromatic rings. The van der Waals surface area contributed by atoms with Crippen molar-refractivity contribution in [1.29, 1.82) is 0 Å². The molecule has 1 amide bonds. The van der Waals surface area contributed by atoms with Gasteiger partial charge in [0, 0.05) is 16.7 Å². The van der Waals surface area contributed by atoms with Gasteiger partial charge in [0.1, 0.15) is 6.04 Å². The lowest BCUT2D eigenvalue weighted by Crippen LogP contribution is -2.44. The Morgan fingerprint density at radius 2 is 2.17 bits per heavy atom. The lowest BCUT2D eigenvalue weighted by molar-refractivity contribution is -0.143. The minimum atomic E-state index is -1.00. The molecule has 0 spiro atoms. The highest BCUT2D eigenvalue weighted by atomic mass is 35.5. The van der Waals surface area contributed by atoms with Crippen molar-refractivity contribution in [3.05, 3.63) is 21.3 Å². The molecule has 18 heavy (non-hydrogen) atoms. The fraction of sp³-hybridized carbons (Fsp3) is 0.500. The average Bonchev–Trinajstić information content (AvgIpc) is 2.68. The molecule has 1 rings (SSSR count). The van der Waals surface area contributed by atoms with Gasteiger partial charge in [-0.2, -0.15) is 0 Å². The van der Waals surface area contributed by atoms with Crippen molar-refractivity contribution in [3.8, 4) is 0 Å². The summed E-state index contributed by atoms with van der Waals surface area (Å²) in [5.41, 5.74) is 0. The highest BCUT2D eigenvalue weighted by Crippen LogP contribution is 2.20. The molecule has 0 aliphatic rings. The van der Waals surface area contributed by atoms with Crippen LogP contribution in [0, 0.1) is 5.92 Å². The quantitative estimate of drug-likeness (QED) is 0.846. The highest BCUT2D eigenvalue weighted by Gasteiger charge is 2.23. The van der Waals surface area contributed by atoms with E-state index in [9.17, 15) is 9.59 Å². The van der Waals surface area contributed by atoms with Gasteiger partial charge in [0.05, 0.1) is 5.02 Å². The summed E-state index contributed by atoms with van der Waals surface area (Å²) in [5.74, 6) is -1.39. The van der Waals surface area contributed by atoms with Crippen LogP contribution in [0.25, 0.3) is 0 Å². The van der Waals surface area contributed by atoms with E-state index in [1.165, 1.54) is 11.3 Å². The molecule has 1 heterocycles. The Kier molecular flexibility index (Phi) is 5.62. The summed E-state index contributed by atoms with van der Waals surface area (Å²) in [6.45, 7) is 3.52. The van der Waals surface area contributed by atoms with Crippen LogP contribution < -0.4 is 5.32 Å². The van der Waals surface area contributed by atoms with E-state index in [0.29, 0.717) is 11.4 Å². The molecule has 0 bridgehead atoms. The van der Waals surface area contributed by atoms with Gasteiger partial charge in [-0.25, -0.2) is 4.79 Å². The Balaban J connectivity index is 2.43. The van der Waals surface area contributed by atoms with Gasteiger partial charge in [-0.3, -0.25) is 4.79 Å². The van der Waals surface area contributed by atoms with Crippen LogP contribution >= 0.6 is 22.9 Å². The van der Waals surface area contributed by atoms with Gasteiger partial charge in [-0.05, 0) is 18.4 Å². The van der Waals surface area contributed by atoms with Gasteiger partial charge in [0.25, 0.3) is 0 Å². The highest BCUT2D eigenvalue weighted by molar-refractivity contribution is 7.10. The number of carboxylic acid groups (broad SMARTS) is 1. The third-order valence-corrected chi connectivity index (χ3v) is 3.81. The molecule has 1 atom stereocenters. The van der Waals surface area contributed by atoms with Crippen molar-refractivity contribution in [2.45, 2.75) is 32.7 Å². The van der Waals surface area contributed by atoms with Crippen LogP contribution in [-0.2, 0) is 16.0 Å². The summed E-state index contributed by atoms with van der Waals surface area (Å²) in [6.07, 6.45) is 0.848. The summed E-state index contributed by atoms with van der Waals surface area (Å²) in [4.78, 5) is 23.6. The first-order valence-corrected chi connectivity index (χ1v) is 6.91. The molecule has 0 fully saturated rings. The van der Waals surface area contributed by atoms with E-state index in [-0.39, 0.29) is 18.2 Å². The molecule has 0 aliphatic carbocycles. The van der Waals surface area contributed by atoms with Crippen LogP contribution in [-0.4, -0.2) is 23.0 Å². The fourth-order valence-electron chi connectivity index (χ4n) is 1.48. The van der Waals surface area contributed by atoms with Gasteiger partial charge in [-0.1, -0.05) is 25.4 Å². The molecule has 2 N–H and O–H groups in total. The largest absolute Gasteiger partial charge is 0.480 e. The van der Waals surface area contributed by atoms with Crippen LogP contribution in [0.15, 0.2) is 11.4 Å². The first-order chi connectivity index (χ1) is 8.40. The minimum Gasteiger partial charge on any atom is -0.480 e. The van der Waals surface area contributed by atoms with Crippen LogP contribution in [0.1, 0.15) is 25.1 Å². The number of hydrogen-bond acceptors (Lipinski definition) is 3. The number of thiophene rings is 1. The zero-order valence-electron chi connectivity index (χ0n) is 10.3. The lowest BCUT2D eigenvalue weighted by Gasteiger charge is -2.17. The third-order valence-electron chi connectivity index (χ3n) is 2.47. The zero-order valence-corrected chi connectivity index (χ0v) is 11.8. The predicted molar refractivity (Wildman–Crippen MR) is 72.1 cm³/mol. The molecule has 4 nitrogen and oxygen atoms in total. The van der Waals surface area contributed by atoms with Crippen molar-refractivity contribution < 1.29 is 14.7 Å². The molecular formula is C12H16ClNO3S. The number of amides is 1. The molecule has 0 aromatic carbocycles. The van der Waals surface area contributed by atoms with Gasteiger partial charge in [0.15, 0.2) is 0 Å². The number of aliphatic carboxylic acids is 1. The van der Waals surface area contributed by atoms with E-state index >= 15 is 0 Å². The molecule has 1 aromatic heterocycles. The summed E-state index contributed by atoms with van der Waals surface area (Å²) in [5, 5.41) is 14.0. The van der Waals surface area contributed by atoms with E-state index in [0.717, 1.165) is 4.88 Å². The van der Waals surface area contributed by atoms with Gasteiger partial charge in [-0.15, -0.1) is 11.3 Å². The van der Waals surface area contributed by atoms with E-state index in [4.69, 9.17) is 16.7 Å². The van der Waals surface area contributed by atoms with E-state index in [1.54, 1.807) is 13.8 Å². The van der Waals surface area contributed by atoms with Crippen molar-refractivity contribution in [2.75, 3.05) is 0 Å². The maximum absolute atomic E-state index is 11.6. The average molecular weight is 290 g/mol. The first kappa shape index (κ1) is 15.0. The second-order valence-electron chi connectivity index (χ2n) is 4.36. The Morgan fingerprint density at radius 1 is 1.50 bits per heavy atom. The van der Waals surface area contributed by atoms with Crippen molar-refractivity contribution in [3.63, 3.8) is 0 Å². The van der Waals surface area contributed by atoms with Crippen LogP contribution in [0.5, 0.6) is 0 Å². The Bertz CT molecular complexity index is 431. The van der Waals surface area contributed by atoms with Gasteiger partial charge < -0.3 is 10.4 Å². The summed E-state index contributed by atoms with van der Waals surface area (Å²) in [6, 6.07) is 0.987. The number of hydrogen-bond donors (Lipinski definition) is 2. The number of nitrogens with one attached hydrogen (secondary N) is 1. The molecule has 100 valence electrons. The van der Waals surface area contributed by atoms with Gasteiger partial charge >= 0.3 is 5.97 Å². The second kappa shape index (κ2) is 6.75. The Hall–Kier alpha value is -1.07. The number of aryl methyl sites for hydroxylation is 1. The van der Waals surface area contributed by atoms with Crippen molar-refractivity contribution >= 4 is 34.8 Å². The molecular weight excluding hydrogens is 274 g/mol. The maximum Gasteiger partial charge on any atom is 0.326 e. The molecule has 0 aliphatic heterocycles. The number of carbonyl (C=O) groups is 2. The Morgan fingerprint density at radius 3 is 2.61 bits per heavy atom. The summed E-state index contributed by atoms with van der Waals surface area (Å²) in [7, 11) is 0. The molecule has 0 saturated heterocycles. The fourth-order valence-corrected chi connectivity index (χ4v) is 2.56. The summed E-state index contributed by atoms with van der Waals surface area (Å²) >= 11 is 7.27. The molecule has 0 saturated carbocycles. The zero-order chi connectivity index (χ0) is 13.7. The van der Waals surface area contributed by atoms with Crippen LogP contribution in [0.4, 0.5) is 0 Å². The van der Waals surface area contributed by atoms with Crippen molar-refractivity contribution in [2.24, 2.45) is 5.92 Å². The van der Waals surface area contributed by atoms with E-state index in [1.807, 2.05) is 11.4 Å². The van der Waals surface area contributed by atoms with Crippen LogP contribution in [0.2, 0.25) is 5.02 Å². The van der Waals surface area contributed by atoms with E-state index in [2.05, 4.69) is 5.32 Å². The molecule has 6 heteroatoms. The second-order valence-corrected chi connectivity index (χ2v) is 5.79. The minimum absolute atomic E-state index is 0.136. The number of halogens is 1. The maximum atomic E-state index is 11.6. The monoisotopic (exact) mass is 289 g/mol. The standard InChI is InChI=1S/C12H16ClNO3S/c1-7(2)11(12(16)17)14-10(15)4-3-9-5-8(13)6-18-9/h5-7,11H,3-4H2,1-2H3,(H,14,15)(H,16,17). The number of rotatable bonds is 6. The van der Waals surface area contributed by atoms with E-state index < -0.39 is 12.0 Å². The normalized spacial score (nSPS) is 12.4. The molecule has 1 unspecified atom stereocenters. The van der Waals surface area contributed by atoms with Crippen LogP contribution in [0.3, 0.4) is 0 Å². The molecule has 0 radical (unpaired) electrons. The number of carboxylic acids is 1. The smallest absolute Gasteiger partial charge is 0.326 e. The van der Waals surface area contributed by atoms with Gasteiger partial charge in [0.2, 0.25) is 5.91 Å². The van der Waals surface area contributed by atoms with Crippen molar-refractivity contribution in [1.82, 2.24) is 5.32 Å². The third kappa shape index (κ3) is 4.66. The first-order valence-electron chi connectivity index (χ1n) is 5.65. The number of carbonyl (C=O) groups excluding carboxylic acids is 1. The SMILES string of the molecule is CC(C)C(NC(=O)CCc1cc(Cl)cs1)C(=O)O.